The van der Waals surface area contributed by atoms with E-state index < -0.39 is 15.7 Å². The minimum atomic E-state index is -3.47. The molecule has 0 radical (unpaired) electrons. The fourth-order valence-electron chi connectivity index (χ4n) is 2.89. The van der Waals surface area contributed by atoms with Crippen molar-refractivity contribution in [1.29, 1.82) is 0 Å². The number of ether oxygens (including phenoxy) is 1. The Bertz CT molecular complexity index is 1130. The van der Waals surface area contributed by atoms with Gasteiger partial charge in [0.15, 0.2) is 15.5 Å². The summed E-state index contributed by atoms with van der Waals surface area (Å²) in [5, 5.41) is 26.5. The number of nitrogens with one attached hydrogen (secondary N) is 3. The molecule has 0 atom stereocenters. The Balaban J connectivity index is 1.99. The highest BCUT2D eigenvalue weighted by Gasteiger charge is 2.16. The minimum absolute atomic E-state index is 0.0511. The first-order valence-corrected chi connectivity index (χ1v) is 12.6. The number of azo groups is 1. The number of carbonyl (C=O) groups is 1. The van der Waals surface area contributed by atoms with Crippen molar-refractivity contribution < 1.29 is 23.1 Å². The average Bonchev–Trinajstić information content (AvgIpc) is 2.84. The van der Waals surface area contributed by atoms with Gasteiger partial charge in [-0.25, -0.2) is 8.42 Å². The third-order valence-electron chi connectivity index (χ3n) is 4.72. The van der Waals surface area contributed by atoms with Crippen molar-refractivity contribution >= 4 is 27.1 Å². The van der Waals surface area contributed by atoms with Gasteiger partial charge in [0.05, 0.1) is 29.1 Å². The molecule has 35 heavy (non-hydrogen) atoms. The topological polar surface area (TPSA) is 168 Å². The number of para-hydroxylation sites is 2. The van der Waals surface area contributed by atoms with Crippen LogP contribution in [0.3, 0.4) is 0 Å². The van der Waals surface area contributed by atoms with E-state index in [9.17, 15) is 18.3 Å². The molecule has 2 rings (SSSR count). The van der Waals surface area contributed by atoms with E-state index in [2.05, 4.69) is 26.2 Å². The second kappa shape index (κ2) is 14.2. The van der Waals surface area contributed by atoms with Crippen LogP contribution in [0, 0.1) is 0 Å². The molecule has 0 spiro atoms. The molecule has 11 nitrogen and oxygen atoms in total. The maximum Gasteiger partial charge on any atom is 0.279 e. The predicted molar refractivity (Wildman–Crippen MR) is 135 cm³/mol. The SMILES string of the molecule is COc1ccccc1NC(=O)C(N=Nc1ccc(S(=O)(=O)CCNCCNCCN)cc1)=C(C)O. The van der Waals surface area contributed by atoms with E-state index in [4.69, 9.17) is 10.5 Å². The number of aliphatic hydroxyl groups is 1. The number of aliphatic hydroxyl groups excluding tert-OH is 1. The minimum Gasteiger partial charge on any atom is -0.510 e. The lowest BCUT2D eigenvalue weighted by molar-refractivity contribution is -0.113. The Morgan fingerprint density at radius 1 is 1.03 bits per heavy atom. The van der Waals surface area contributed by atoms with Gasteiger partial charge in [-0.05, 0) is 43.3 Å². The van der Waals surface area contributed by atoms with E-state index in [1.165, 1.54) is 38.3 Å². The fraction of sp³-hybridized carbons (Fsp3) is 0.348. The van der Waals surface area contributed by atoms with E-state index in [1.807, 2.05) is 0 Å². The quantitative estimate of drug-likeness (QED) is 0.113. The molecular weight excluding hydrogens is 472 g/mol. The maximum atomic E-state index is 12.6. The number of hydrogen-bond donors (Lipinski definition) is 5. The van der Waals surface area contributed by atoms with Crippen LogP contribution in [0.2, 0.25) is 0 Å². The van der Waals surface area contributed by atoms with Crippen LogP contribution in [-0.2, 0) is 14.6 Å². The van der Waals surface area contributed by atoms with Crippen LogP contribution in [0.1, 0.15) is 6.92 Å². The lowest BCUT2D eigenvalue weighted by atomic mass is 10.2. The van der Waals surface area contributed by atoms with Crippen LogP contribution in [-0.4, -0.2) is 65.0 Å². The van der Waals surface area contributed by atoms with E-state index in [0.29, 0.717) is 49.8 Å². The molecule has 190 valence electrons. The second-order valence-electron chi connectivity index (χ2n) is 7.39. The maximum absolute atomic E-state index is 12.6. The van der Waals surface area contributed by atoms with Crippen LogP contribution < -0.4 is 26.4 Å². The lowest BCUT2D eigenvalue weighted by Gasteiger charge is -2.10. The highest BCUT2D eigenvalue weighted by molar-refractivity contribution is 7.91. The number of anilines is 1. The third kappa shape index (κ3) is 9.09. The molecule has 6 N–H and O–H groups in total. The summed E-state index contributed by atoms with van der Waals surface area (Å²) in [6, 6.07) is 12.6. The summed E-state index contributed by atoms with van der Waals surface area (Å²) >= 11 is 0. The fourth-order valence-corrected chi connectivity index (χ4v) is 4.09. The molecule has 0 aliphatic heterocycles. The van der Waals surface area contributed by atoms with E-state index in [-0.39, 0.29) is 22.1 Å². The van der Waals surface area contributed by atoms with Crippen molar-refractivity contribution in [3.8, 4) is 5.75 Å². The van der Waals surface area contributed by atoms with Crippen molar-refractivity contribution in [3.63, 3.8) is 0 Å². The first-order chi connectivity index (χ1) is 16.8. The first-order valence-electron chi connectivity index (χ1n) is 11.0. The van der Waals surface area contributed by atoms with Gasteiger partial charge in [0.1, 0.15) is 11.5 Å². The van der Waals surface area contributed by atoms with Gasteiger partial charge in [0.2, 0.25) is 0 Å². The molecule has 2 aromatic carbocycles. The molecule has 12 heteroatoms. The molecule has 0 aromatic heterocycles. The number of rotatable bonds is 14. The number of hydrogen-bond acceptors (Lipinski definition) is 10. The monoisotopic (exact) mass is 504 g/mol. The summed E-state index contributed by atoms with van der Waals surface area (Å²) in [4.78, 5) is 12.7. The van der Waals surface area contributed by atoms with Gasteiger partial charge in [0, 0.05) is 32.7 Å². The molecule has 0 aliphatic rings. The van der Waals surface area contributed by atoms with E-state index in [0.717, 1.165) is 0 Å². The molecular formula is C23H32N6O5S. The van der Waals surface area contributed by atoms with Crippen LogP contribution in [0.15, 0.2) is 75.1 Å². The number of sulfone groups is 1. The first kappa shape index (κ1) is 27.9. The van der Waals surface area contributed by atoms with Gasteiger partial charge in [-0.1, -0.05) is 12.1 Å². The highest BCUT2D eigenvalue weighted by Crippen LogP contribution is 2.24. The largest absolute Gasteiger partial charge is 0.510 e. The summed E-state index contributed by atoms with van der Waals surface area (Å²) < 4.78 is 30.2. The average molecular weight is 505 g/mol. The van der Waals surface area contributed by atoms with Crippen LogP contribution in [0.25, 0.3) is 0 Å². The van der Waals surface area contributed by atoms with Crippen molar-refractivity contribution in [2.24, 2.45) is 16.0 Å². The van der Waals surface area contributed by atoms with Crippen molar-refractivity contribution in [2.45, 2.75) is 11.8 Å². The van der Waals surface area contributed by atoms with E-state index >= 15 is 0 Å². The number of nitrogens with two attached hydrogens (primary N) is 1. The van der Waals surface area contributed by atoms with Crippen LogP contribution in [0.5, 0.6) is 5.75 Å². The Labute approximate surface area is 205 Å². The van der Waals surface area contributed by atoms with Crippen molar-refractivity contribution in [2.75, 3.05) is 50.9 Å². The summed E-state index contributed by atoms with van der Waals surface area (Å²) in [6.07, 6.45) is 0. The van der Waals surface area contributed by atoms with Gasteiger partial charge in [-0.15, -0.1) is 5.11 Å². The number of benzene rings is 2. The zero-order valence-corrected chi connectivity index (χ0v) is 20.6. The summed E-state index contributed by atoms with van der Waals surface area (Å²) in [6.45, 7) is 4.24. The van der Waals surface area contributed by atoms with E-state index in [1.54, 1.807) is 24.3 Å². The molecule has 0 saturated heterocycles. The Morgan fingerprint density at radius 2 is 1.69 bits per heavy atom. The summed E-state index contributed by atoms with van der Waals surface area (Å²) in [5.74, 6) is -0.609. The third-order valence-corrected chi connectivity index (χ3v) is 6.45. The summed E-state index contributed by atoms with van der Waals surface area (Å²) in [7, 11) is -2.00. The molecule has 0 unspecified atom stereocenters. The van der Waals surface area contributed by atoms with Gasteiger partial charge < -0.3 is 31.5 Å². The van der Waals surface area contributed by atoms with Gasteiger partial charge in [-0.2, -0.15) is 5.11 Å². The molecule has 0 fully saturated rings. The number of amides is 1. The Morgan fingerprint density at radius 3 is 2.31 bits per heavy atom. The zero-order valence-electron chi connectivity index (χ0n) is 19.8. The lowest BCUT2D eigenvalue weighted by Crippen LogP contribution is -2.32. The normalized spacial score (nSPS) is 12.4. The predicted octanol–water partition coefficient (Wildman–Crippen LogP) is 2.12. The number of methoxy groups -OCH3 is 1. The highest BCUT2D eigenvalue weighted by atomic mass is 32.2. The second-order valence-corrected chi connectivity index (χ2v) is 9.50. The Kier molecular flexibility index (Phi) is 11.3. The number of nitrogens with zero attached hydrogens (tertiary/aromatic N) is 2. The van der Waals surface area contributed by atoms with Crippen LogP contribution >= 0.6 is 0 Å². The van der Waals surface area contributed by atoms with Crippen LogP contribution in [0.4, 0.5) is 11.4 Å². The molecule has 1 amide bonds. The molecule has 0 bridgehead atoms. The molecule has 0 heterocycles. The molecule has 2 aromatic rings. The van der Waals surface area contributed by atoms with Gasteiger partial charge in [0.25, 0.3) is 5.91 Å². The number of carbonyl (C=O) groups excluding carboxylic acids is 1. The smallest absolute Gasteiger partial charge is 0.279 e. The van der Waals surface area contributed by atoms with Gasteiger partial charge in [-0.3, -0.25) is 4.79 Å². The zero-order chi connectivity index (χ0) is 25.7. The molecule has 0 aliphatic carbocycles. The standard InChI is InChI=1S/C23H32N6O5S/c1-17(30)22(23(31)27-20-5-3-4-6-21(20)34-2)29-28-18-7-9-19(10-8-18)35(32,33)16-15-26-14-13-25-12-11-24/h3-10,25-26,30H,11-16,24H2,1-2H3,(H,27,31). The summed E-state index contributed by atoms with van der Waals surface area (Å²) in [5.41, 5.74) is 5.82. The number of allylic oxidation sites excluding steroid dienone is 1. The van der Waals surface area contributed by atoms with Crippen molar-refractivity contribution in [1.82, 2.24) is 10.6 Å². The van der Waals surface area contributed by atoms with Crippen molar-refractivity contribution in [3.05, 3.63) is 60.0 Å². The Hall–Kier alpha value is -3.32. The molecule has 0 saturated carbocycles. The van der Waals surface area contributed by atoms with Gasteiger partial charge >= 0.3 is 0 Å².